The van der Waals surface area contributed by atoms with Crippen LogP contribution in [0.5, 0.6) is 0 Å². The number of hydrogen-bond donors (Lipinski definition) is 2. The number of carbonyl (C=O) groups excluding carboxylic acids is 1. The van der Waals surface area contributed by atoms with Crippen LogP contribution < -0.4 is 10.6 Å². The third kappa shape index (κ3) is 4.01. The maximum absolute atomic E-state index is 11.4. The molecule has 1 heterocycles. The van der Waals surface area contributed by atoms with Crippen LogP contribution in [-0.4, -0.2) is 18.5 Å². The molecule has 0 spiro atoms. The maximum atomic E-state index is 11.4. The first-order chi connectivity index (χ1) is 7.34. The summed E-state index contributed by atoms with van der Waals surface area (Å²) in [6, 6.07) is 2.72. The number of rotatable bonds is 6. The molecule has 1 aliphatic rings. The van der Waals surface area contributed by atoms with Gasteiger partial charge in [0.25, 0.3) is 0 Å². The number of thiophene rings is 1. The first-order valence-electron chi connectivity index (χ1n) is 5.36. The van der Waals surface area contributed by atoms with Crippen molar-refractivity contribution in [3.63, 3.8) is 0 Å². The Morgan fingerprint density at radius 3 is 3.07 bits per heavy atom. The molecule has 1 amide bonds. The minimum absolute atomic E-state index is 0.134. The molecule has 0 unspecified atom stereocenters. The van der Waals surface area contributed by atoms with Crippen molar-refractivity contribution in [3.05, 3.63) is 22.4 Å². The van der Waals surface area contributed by atoms with Crippen LogP contribution in [-0.2, 0) is 11.3 Å². The normalized spacial score (nSPS) is 15.2. The minimum Gasteiger partial charge on any atom is -0.352 e. The van der Waals surface area contributed by atoms with Gasteiger partial charge in [-0.3, -0.25) is 4.79 Å². The van der Waals surface area contributed by atoms with Crippen LogP contribution in [0, 0.1) is 0 Å². The molecular formula is C11H16N2OS. The van der Waals surface area contributed by atoms with Gasteiger partial charge < -0.3 is 10.6 Å². The zero-order valence-corrected chi connectivity index (χ0v) is 9.48. The highest BCUT2D eigenvalue weighted by atomic mass is 32.1. The van der Waals surface area contributed by atoms with Gasteiger partial charge in [0.2, 0.25) is 5.91 Å². The van der Waals surface area contributed by atoms with Crippen molar-refractivity contribution in [1.82, 2.24) is 10.6 Å². The van der Waals surface area contributed by atoms with Crippen LogP contribution in [0.1, 0.15) is 24.8 Å². The summed E-state index contributed by atoms with van der Waals surface area (Å²) in [7, 11) is 0. The molecule has 0 saturated heterocycles. The van der Waals surface area contributed by atoms with E-state index in [-0.39, 0.29) is 5.91 Å². The zero-order chi connectivity index (χ0) is 10.5. The molecule has 2 N–H and O–H groups in total. The highest BCUT2D eigenvalue weighted by molar-refractivity contribution is 7.07. The van der Waals surface area contributed by atoms with Crippen LogP contribution in [0.4, 0.5) is 0 Å². The van der Waals surface area contributed by atoms with Crippen molar-refractivity contribution in [2.24, 2.45) is 0 Å². The highest BCUT2D eigenvalue weighted by Gasteiger charge is 2.19. The Bertz CT molecular complexity index is 306. The molecule has 0 atom stereocenters. The topological polar surface area (TPSA) is 41.1 Å². The lowest BCUT2D eigenvalue weighted by Gasteiger charge is -2.04. The molecule has 1 fully saturated rings. The van der Waals surface area contributed by atoms with E-state index in [1.165, 1.54) is 18.4 Å². The van der Waals surface area contributed by atoms with Crippen LogP contribution in [0.3, 0.4) is 0 Å². The van der Waals surface area contributed by atoms with Gasteiger partial charge in [0.1, 0.15) is 0 Å². The largest absolute Gasteiger partial charge is 0.352 e. The van der Waals surface area contributed by atoms with Gasteiger partial charge in [-0.1, -0.05) is 0 Å². The van der Waals surface area contributed by atoms with Gasteiger partial charge in [-0.15, -0.1) is 0 Å². The molecular weight excluding hydrogens is 208 g/mol. The Balaban J connectivity index is 1.55. The zero-order valence-electron chi connectivity index (χ0n) is 8.66. The average Bonchev–Trinajstić information content (AvgIpc) is 2.91. The van der Waals surface area contributed by atoms with Crippen molar-refractivity contribution in [3.8, 4) is 0 Å². The summed E-state index contributed by atoms with van der Waals surface area (Å²) in [5.74, 6) is 0.134. The van der Waals surface area contributed by atoms with Crippen LogP contribution in [0.15, 0.2) is 16.8 Å². The van der Waals surface area contributed by atoms with Gasteiger partial charge in [0.05, 0.1) is 0 Å². The fraction of sp³-hybridized carbons (Fsp3) is 0.545. The van der Waals surface area contributed by atoms with Crippen molar-refractivity contribution in [1.29, 1.82) is 0 Å². The van der Waals surface area contributed by atoms with E-state index in [4.69, 9.17) is 0 Å². The molecule has 4 heteroatoms. The first-order valence-corrected chi connectivity index (χ1v) is 6.30. The van der Waals surface area contributed by atoms with Gasteiger partial charge in [-0.25, -0.2) is 0 Å². The highest BCUT2D eigenvalue weighted by Crippen LogP contribution is 2.18. The average molecular weight is 224 g/mol. The first kappa shape index (κ1) is 10.6. The maximum Gasteiger partial charge on any atom is 0.221 e. The van der Waals surface area contributed by atoms with Gasteiger partial charge >= 0.3 is 0 Å². The number of amides is 1. The SMILES string of the molecule is O=C(CCNC1CC1)NCc1ccsc1. The lowest BCUT2D eigenvalue weighted by atomic mass is 10.3. The second-order valence-corrected chi connectivity index (χ2v) is 4.67. The molecule has 3 nitrogen and oxygen atoms in total. The predicted molar refractivity (Wildman–Crippen MR) is 61.8 cm³/mol. The Labute approximate surface area is 93.9 Å². The van der Waals surface area contributed by atoms with E-state index in [1.807, 2.05) is 11.4 Å². The number of hydrogen-bond acceptors (Lipinski definition) is 3. The summed E-state index contributed by atoms with van der Waals surface area (Å²) in [5.41, 5.74) is 1.18. The third-order valence-corrected chi connectivity index (χ3v) is 3.16. The summed E-state index contributed by atoms with van der Waals surface area (Å²) in [6.07, 6.45) is 3.13. The molecule has 82 valence electrons. The molecule has 1 saturated carbocycles. The van der Waals surface area contributed by atoms with Crippen molar-refractivity contribution in [2.75, 3.05) is 6.54 Å². The van der Waals surface area contributed by atoms with Gasteiger partial charge in [0, 0.05) is 25.6 Å². The molecule has 0 aromatic carbocycles. The summed E-state index contributed by atoms with van der Waals surface area (Å²) >= 11 is 1.66. The number of nitrogens with one attached hydrogen (secondary N) is 2. The van der Waals surface area contributed by atoms with E-state index in [9.17, 15) is 4.79 Å². The molecule has 1 aliphatic carbocycles. The van der Waals surface area contributed by atoms with Crippen molar-refractivity contribution < 1.29 is 4.79 Å². The molecule has 0 aliphatic heterocycles. The monoisotopic (exact) mass is 224 g/mol. The Kier molecular flexibility index (Phi) is 3.75. The summed E-state index contributed by atoms with van der Waals surface area (Å²) in [4.78, 5) is 11.4. The standard InChI is InChI=1S/C11H16N2OS/c14-11(3-5-12-10-1-2-10)13-7-9-4-6-15-8-9/h4,6,8,10,12H,1-3,5,7H2,(H,13,14). The van der Waals surface area contributed by atoms with Crippen molar-refractivity contribution in [2.45, 2.75) is 31.8 Å². The van der Waals surface area contributed by atoms with Crippen LogP contribution in [0.2, 0.25) is 0 Å². The Hall–Kier alpha value is -0.870. The lowest BCUT2D eigenvalue weighted by Crippen LogP contribution is -2.27. The fourth-order valence-electron chi connectivity index (χ4n) is 1.36. The molecule has 0 bridgehead atoms. The van der Waals surface area contributed by atoms with Gasteiger partial charge in [-0.05, 0) is 35.2 Å². The van der Waals surface area contributed by atoms with E-state index in [0.717, 1.165) is 6.54 Å². The van der Waals surface area contributed by atoms with E-state index in [0.29, 0.717) is 19.0 Å². The van der Waals surface area contributed by atoms with Crippen molar-refractivity contribution >= 4 is 17.2 Å². The molecule has 15 heavy (non-hydrogen) atoms. The lowest BCUT2D eigenvalue weighted by molar-refractivity contribution is -0.121. The quantitative estimate of drug-likeness (QED) is 0.769. The van der Waals surface area contributed by atoms with E-state index < -0.39 is 0 Å². The summed E-state index contributed by atoms with van der Waals surface area (Å²) in [5, 5.41) is 10.3. The molecule has 1 aromatic heterocycles. The predicted octanol–water partition coefficient (Wildman–Crippen LogP) is 1.51. The van der Waals surface area contributed by atoms with E-state index in [2.05, 4.69) is 16.0 Å². The Morgan fingerprint density at radius 1 is 1.53 bits per heavy atom. The molecule has 2 rings (SSSR count). The van der Waals surface area contributed by atoms with Gasteiger partial charge in [0.15, 0.2) is 0 Å². The molecule has 0 radical (unpaired) electrons. The van der Waals surface area contributed by atoms with E-state index >= 15 is 0 Å². The Morgan fingerprint density at radius 2 is 2.40 bits per heavy atom. The minimum atomic E-state index is 0.134. The fourth-order valence-corrected chi connectivity index (χ4v) is 2.03. The summed E-state index contributed by atoms with van der Waals surface area (Å²) in [6.45, 7) is 1.46. The second-order valence-electron chi connectivity index (χ2n) is 3.89. The van der Waals surface area contributed by atoms with Crippen LogP contribution in [0.25, 0.3) is 0 Å². The number of carbonyl (C=O) groups is 1. The van der Waals surface area contributed by atoms with E-state index in [1.54, 1.807) is 11.3 Å². The molecule has 1 aromatic rings. The summed E-state index contributed by atoms with van der Waals surface area (Å²) < 4.78 is 0. The third-order valence-electron chi connectivity index (χ3n) is 2.43. The van der Waals surface area contributed by atoms with Gasteiger partial charge in [-0.2, -0.15) is 11.3 Å². The van der Waals surface area contributed by atoms with Crippen LogP contribution >= 0.6 is 11.3 Å². The second kappa shape index (κ2) is 5.28. The smallest absolute Gasteiger partial charge is 0.221 e.